The van der Waals surface area contributed by atoms with Crippen LogP contribution in [0.2, 0.25) is 0 Å². The molecular formula is C29H28N2O5S. The number of ether oxygens (including phenoxy) is 2. The van der Waals surface area contributed by atoms with Crippen molar-refractivity contribution in [3.05, 3.63) is 120 Å². The van der Waals surface area contributed by atoms with Crippen LogP contribution in [0.15, 0.2) is 108 Å². The van der Waals surface area contributed by atoms with Gasteiger partial charge < -0.3 is 14.8 Å². The molecule has 0 atom stereocenters. The van der Waals surface area contributed by atoms with Gasteiger partial charge in [0.25, 0.3) is 15.9 Å². The fourth-order valence-electron chi connectivity index (χ4n) is 3.82. The van der Waals surface area contributed by atoms with Crippen LogP contribution in [0.25, 0.3) is 0 Å². The second kappa shape index (κ2) is 11.6. The SMILES string of the molecule is COc1ccc(NS(=O)(=O)c2ccc(OCC(=O)NC(c3ccccc3)c3ccccc3)c(C)c2)cc1. The van der Waals surface area contributed by atoms with Crippen LogP contribution in [-0.2, 0) is 14.8 Å². The Morgan fingerprint density at radius 2 is 1.43 bits per heavy atom. The molecule has 0 bridgehead atoms. The summed E-state index contributed by atoms with van der Waals surface area (Å²) >= 11 is 0. The lowest BCUT2D eigenvalue weighted by Gasteiger charge is -2.20. The topological polar surface area (TPSA) is 93.7 Å². The zero-order chi connectivity index (χ0) is 26.3. The van der Waals surface area contributed by atoms with Gasteiger partial charge in [-0.05, 0) is 66.1 Å². The Bertz CT molecular complexity index is 1400. The maximum Gasteiger partial charge on any atom is 0.261 e. The Morgan fingerprint density at radius 1 is 0.838 bits per heavy atom. The van der Waals surface area contributed by atoms with Crippen molar-refractivity contribution < 1.29 is 22.7 Å². The Labute approximate surface area is 217 Å². The van der Waals surface area contributed by atoms with Crippen LogP contribution in [0.4, 0.5) is 5.69 Å². The smallest absolute Gasteiger partial charge is 0.261 e. The van der Waals surface area contributed by atoms with E-state index in [-0.39, 0.29) is 23.5 Å². The first-order valence-corrected chi connectivity index (χ1v) is 13.1. The Balaban J connectivity index is 1.42. The highest BCUT2D eigenvalue weighted by molar-refractivity contribution is 7.92. The summed E-state index contributed by atoms with van der Waals surface area (Å²) < 4.78 is 39.0. The van der Waals surface area contributed by atoms with Crippen LogP contribution in [0.5, 0.6) is 11.5 Å². The lowest BCUT2D eigenvalue weighted by molar-refractivity contribution is -0.123. The second-order valence-corrected chi connectivity index (χ2v) is 10.1. The highest BCUT2D eigenvalue weighted by Gasteiger charge is 2.19. The fourth-order valence-corrected chi connectivity index (χ4v) is 4.96. The molecule has 4 rings (SSSR count). The first kappa shape index (κ1) is 25.8. The maximum atomic E-state index is 12.8. The molecule has 8 heteroatoms. The zero-order valence-corrected chi connectivity index (χ0v) is 21.4. The van der Waals surface area contributed by atoms with Crippen LogP contribution >= 0.6 is 0 Å². The highest BCUT2D eigenvalue weighted by Crippen LogP contribution is 2.25. The van der Waals surface area contributed by atoms with E-state index in [2.05, 4.69) is 10.0 Å². The predicted octanol–water partition coefficient (Wildman–Crippen LogP) is 5.09. The van der Waals surface area contributed by atoms with E-state index in [0.29, 0.717) is 22.7 Å². The molecular weight excluding hydrogens is 488 g/mol. The van der Waals surface area contributed by atoms with E-state index in [1.165, 1.54) is 12.1 Å². The van der Waals surface area contributed by atoms with Crippen molar-refractivity contribution in [1.82, 2.24) is 5.32 Å². The van der Waals surface area contributed by atoms with E-state index in [0.717, 1.165) is 11.1 Å². The molecule has 0 saturated carbocycles. The molecule has 0 spiro atoms. The number of anilines is 1. The van der Waals surface area contributed by atoms with E-state index in [9.17, 15) is 13.2 Å². The summed E-state index contributed by atoms with van der Waals surface area (Å²) in [7, 11) is -2.26. The van der Waals surface area contributed by atoms with Crippen molar-refractivity contribution in [2.75, 3.05) is 18.4 Å². The number of hydrogen-bond donors (Lipinski definition) is 2. The minimum Gasteiger partial charge on any atom is -0.497 e. The number of rotatable bonds is 10. The molecule has 0 aliphatic rings. The Kier molecular flexibility index (Phi) is 8.10. The van der Waals surface area contributed by atoms with E-state index in [1.807, 2.05) is 60.7 Å². The molecule has 4 aromatic rings. The average Bonchev–Trinajstić information content (AvgIpc) is 2.92. The van der Waals surface area contributed by atoms with Gasteiger partial charge in [0.2, 0.25) is 0 Å². The van der Waals surface area contributed by atoms with Crippen molar-refractivity contribution in [2.24, 2.45) is 0 Å². The third-order valence-corrected chi connectivity index (χ3v) is 7.11. The molecule has 0 fully saturated rings. The summed E-state index contributed by atoms with van der Waals surface area (Å²) in [6.07, 6.45) is 0. The van der Waals surface area contributed by atoms with Crippen LogP contribution in [-0.4, -0.2) is 28.0 Å². The normalized spacial score (nSPS) is 11.1. The molecule has 37 heavy (non-hydrogen) atoms. The van der Waals surface area contributed by atoms with Crippen molar-refractivity contribution >= 4 is 21.6 Å². The molecule has 0 aliphatic carbocycles. The third kappa shape index (κ3) is 6.68. The molecule has 0 saturated heterocycles. The van der Waals surface area contributed by atoms with Gasteiger partial charge in [0.1, 0.15) is 11.5 Å². The molecule has 0 aliphatic heterocycles. The summed E-state index contributed by atoms with van der Waals surface area (Å²) in [6.45, 7) is 1.52. The van der Waals surface area contributed by atoms with Crippen LogP contribution in [0.3, 0.4) is 0 Å². The highest BCUT2D eigenvalue weighted by atomic mass is 32.2. The number of benzene rings is 4. The molecule has 1 amide bonds. The molecule has 0 heterocycles. The molecule has 7 nitrogen and oxygen atoms in total. The van der Waals surface area contributed by atoms with Gasteiger partial charge in [-0.2, -0.15) is 0 Å². The third-order valence-electron chi connectivity index (χ3n) is 5.73. The summed E-state index contributed by atoms with van der Waals surface area (Å²) in [5.41, 5.74) is 2.92. The van der Waals surface area contributed by atoms with Gasteiger partial charge in [0.05, 0.1) is 18.0 Å². The van der Waals surface area contributed by atoms with Crippen molar-refractivity contribution in [2.45, 2.75) is 17.9 Å². The lowest BCUT2D eigenvalue weighted by Crippen LogP contribution is -2.33. The molecule has 0 unspecified atom stereocenters. The number of aryl methyl sites for hydroxylation is 1. The van der Waals surface area contributed by atoms with E-state index in [4.69, 9.17) is 9.47 Å². The van der Waals surface area contributed by atoms with Gasteiger partial charge in [-0.1, -0.05) is 60.7 Å². The fraction of sp³-hybridized carbons (Fsp3) is 0.138. The van der Waals surface area contributed by atoms with E-state index >= 15 is 0 Å². The van der Waals surface area contributed by atoms with Gasteiger partial charge in [0, 0.05) is 5.69 Å². The first-order valence-electron chi connectivity index (χ1n) is 11.7. The zero-order valence-electron chi connectivity index (χ0n) is 20.5. The van der Waals surface area contributed by atoms with Crippen molar-refractivity contribution in [3.8, 4) is 11.5 Å². The number of carbonyl (C=O) groups is 1. The Hall–Kier alpha value is -4.30. The lowest BCUT2D eigenvalue weighted by atomic mass is 9.99. The largest absolute Gasteiger partial charge is 0.497 e. The van der Waals surface area contributed by atoms with Gasteiger partial charge in [-0.3, -0.25) is 9.52 Å². The standard InChI is InChI=1S/C29H28N2O5S/c1-21-19-26(37(33,34)31-24-13-15-25(35-2)16-14-24)17-18-27(21)36-20-28(32)30-29(22-9-5-3-6-10-22)23-11-7-4-8-12-23/h3-19,29,31H,20H2,1-2H3,(H,30,32). The first-order chi connectivity index (χ1) is 17.9. The summed E-state index contributed by atoms with van der Waals surface area (Å²) in [5.74, 6) is 0.757. The number of amides is 1. The number of methoxy groups -OCH3 is 1. The maximum absolute atomic E-state index is 12.8. The van der Waals surface area contributed by atoms with Crippen LogP contribution < -0.4 is 19.5 Å². The number of nitrogens with one attached hydrogen (secondary N) is 2. The molecule has 2 N–H and O–H groups in total. The molecule has 190 valence electrons. The number of hydrogen-bond acceptors (Lipinski definition) is 5. The minimum atomic E-state index is -3.81. The summed E-state index contributed by atoms with van der Waals surface area (Å²) in [6, 6.07) is 30.2. The quantitative estimate of drug-likeness (QED) is 0.306. The monoisotopic (exact) mass is 516 g/mol. The number of sulfonamides is 1. The van der Waals surface area contributed by atoms with Gasteiger partial charge in [-0.15, -0.1) is 0 Å². The summed E-state index contributed by atoms with van der Waals surface area (Å²) in [4.78, 5) is 12.9. The van der Waals surface area contributed by atoms with Crippen molar-refractivity contribution in [1.29, 1.82) is 0 Å². The van der Waals surface area contributed by atoms with Crippen molar-refractivity contribution in [3.63, 3.8) is 0 Å². The second-order valence-electron chi connectivity index (χ2n) is 8.37. The van der Waals surface area contributed by atoms with Crippen LogP contribution in [0.1, 0.15) is 22.7 Å². The molecule has 4 aromatic carbocycles. The summed E-state index contributed by atoms with van der Waals surface area (Å²) in [5, 5.41) is 3.03. The molecule has 0 radical (unpaired) electrons. The van der Waals surface area contributed by atoms with Gasteiger partial charge >= 0.3 is 0 Å². The van der Waals surface area contributed by atoms with Gasteiger partial charge in [-0.25, -0.2) is 8.42 Å². The van der Waals surface area contributed by atoms with Gasteiger partial charge in [0.15, 0.2) is 6.61 Å². The van der Waals surface area contributed by atoms with E-state index < -0.39 is 10.0 Å². The molecule has 0 aromatic heterocycles. The minimum absolute atomic E-state index is 0.0887. The van der Waals surface area contributed by atoms with E-state index in [1.54, 1.807) is 44.4 Å². The predicted molar refractivity (Wildman–Crippen MR) is 143 cm³/mol. The van der Waals surface area contributed by atoms with Crippen LogP contribution in [0, 0.1) is 6.92 Å². The number of carbonyl (C=O) groups excluding carboxylic acids is 1. The Morgan fingerprint density at radius 3 is 1.97 bits per heavy atom. The average molecular weight is 517 g/mol.